The highest BCUT2D eigenvalue weighted by Gasteiger charge is 2.39. The summed E-state index contributed by atoms with van der Waals surface area (Å²) in [4.78, 5) is 0. The molecule has 0 amide bonds. The molecule has 1 fully saturated rings. The third-order valence-electron chi connectivity index (χ3n) is 5.66. The summed E-state index contributed by atoms with van der Waals surface area (Å²) in [5.74, 6) is 0. The lowest BCUT2D eigenvalue weighted by atomic mass is 10.1. The molecule has 0 aliphatic carbocycles. The Kier molecular flexibility index (Phi) is 16.8. The summed E-state index contributed by atoms with van der Waals surface area (Å²) in [6.07, 6.45) is 19.0. The lowest BCUT2D eigenvalue weighted by Gasteiger charge is -2.20. The minimum absolute atomic E-state index is 0.0673. The van der Waals surface area contributed by atoms with Gasteiger partial charge in [-0.25, -0.2) is 0 Å². The maximum Gasteiger partial charge on any atom is 0.114 e. The van der Waals surface area contributed by atoms with E-state index < -0.39 is 24.4 Å². The van der Waals surface area contributed by atoms with E-state index in [4.69, 9.17) is 9.47 Å². The zero-order chi connectivity index (χ0) is 21.2. The third kappa shape index (κ3) is 13.5. The van der Waals surface area contributed by atoms with E-state index in [1.807, 2.05) is 0 Å². The summed E-state index contributed by atoms with van der Waals surface area (Å²) in [6.45, 7) is 3.08. The second kappa shape index (κ2) is 18.3. The lowest BCUT2D eigenvalue weighted by Crippen LogP contribution is -2.40. The Morgan fingerprint density at radius 3 is 1.97 bits per heavy atom. The normalized spacial score (nSPS) is 23.2. The zero-order valence-corrected chi connectivity index (χ0v) is 18.6. The number of hydrogen-bond acceptors (Lipinski definition) is 5. The first-order valence-corrected chi connectivity index (χ1v) is 12.0. The molecule has 172 valence electrons. The van der Waals surface area contributed by atoms with Gasteiger partial charge in [0, 0.05) is 6.61 Å². The van der Waals surface area contributed by atoms with Gasteiger partial charge in [-0.3, -0.25) is 0 Å². The van der Waals surface area contributed by atoms with Gasteiger partial charge < -0.3 is 24.8 Å². The van der Waals surface area contributed by atoms with Crippen molar-refractivity contribution in [1.82, 2.24) is 0 Å². The van der Waals surface area contributed by atoms with E-state index >= 15 is 0 Å². The van der Waals surface area contributed by atoms with E-state index in [-0.39, 0.29) is 13.2 Å². The summed E-state index contributed by atoms with van der Waals surface area (Å²) in [5, 5.41) is 29.0. The quantitative estimate of drug-likeness (QED) is 0.214. The number of hydrogen-bond donors (Lipinski definition) is 3. The van der Waals surface area contributed by atoms with Crippen LogP contribution in [-0.2, 0) is 9.47 Å². The van der Waals surface area contributed by atoms with Crippen LogP contribution in [0.3, 0.4) is 0 Å². The fraction of sp³-hybridized carbons (Fsp3) is 0.917. The molecule has 1 rings (SSSR count). The molecular formula is C24H46O5. The van der Waals surface area contributed by atoms with Gasteiger partial charge in [0.05, 0.1) is 13.2 Å². The molecule has 1 aliphatic rings. The van der Waals surface area contributed by atoms with Crippen LogP contribution in [0, 0.1) is 0 Å². The zero-order valence-electron chi connectivity index (χ0n) is 18.6. The molecule has 0 unspecified atom stereocenters. The molecule has 0 saturated carbocycles. The summed E-state index contributed by atoms with van der Waals surface area (Å²) >= 11 is 0. The number of aliphatic hydroxyl groups excluding tert-OH is 3. The number of aliphatic hydroxyl groups is 3. The molecule has 0 aromatic heterocycles. The second-order valence-corrected chi connectivity index (χ2v) is 8.44. The topological polar surface area (TPSA) is 79.2 Å². The van der Waals surface area contributed by atoms with Gasteiger partial charge in [0.2, 0.25) is 0 Å². The van der Waals surface area contributed by atoms with E-state index in [2.05, 4.69) is 19.1 Å². The van der Waals surface area contributed by atoms with Gasteiger partial charge in [0.25, 0.3) is 0 Å². The molecule has 4 atom stereocenters. The summed E-state index contributed by atoms with van der Waals surface area (Å²) in [6, 6.07) is 0. The Hall–Kier alpha value is -0.460. The van der Waals surface area contributed by atoms with Crippen LogP contribution < -0.4 is 0 Å². The van der Waals surface area contributed by atoms with Crippen LogP contribution in [0.25, 0.3) is 0 Å². The molecule has 0 aromatic carbocycles. The van der Waals surface area contributed by atoms with Crippen LogP contribution in [0.1, 0.15) is 96.8 Å². The molecule has 5 nitrogen and oxygen atoms in total. The van der Waals surface area contributed by atoms with Crippen molar-refractivity contribution in [3.63, 3.8) is 0 Å². The summed E-state index contributed by atoms with van der Waals surface area (Å²) in [5.41, 5.74) is 0. The number of rotatable bonds is 19. The Morgan fingerprint density at radius 1 is 0.862 bits per heavy atom. The van der Waals surface area contributed by atoms with E-state index in [1.54, 1.807) is 0 Å². The van der Waals surface area contributed by atoms with Crippen LogP contribution >= 0.6 is 0 Å². The average molecular weight is 415 g/mol. The molecule has 29 heavy (non-hydrogen) atoms. The van der Waals surface area contributed by atoms with Crippen molar-refractivity contribution >= 4 is 0 Å². The van der Waals surface area contributed by atoms with Gasteiger partial charge in [0.15, 0.2) is 0 Å². The molecule has 1 saturated heterocycles. The van der Waals surface area contributed by atoms with Crippen LogP contribution in [0.4, 0.5) is 0 Å². The Morgan fingerprint density at radius 2 is 1.41 bits per heavy atom. The van der Waals surface area contributed by atoms with E-state index in [1.165, 1.54) is 77.0 Å². The predicted octanol–water partition coefficient (Wildman–Crippen LogP) is 4.52. The van der Waals surface area contributed by atoms with Gasteiger partial charge in [-0.2, -0.15) is 0 Å². The molecule has 0 radical (unpaired) electrons. The highest BCUT2D eigenvalue weighted by atomic mass is 16.5. The fourth-order valence-electron chi connectivity index (χ4n) is 3.72. The average Bonchev–Trinajstić information content (AvgIpc) is 3.05. The fourth-order valence-corrected chi connectivity index (χ4v) is 3.72. The molecule has 5 heteroatoms. The van der Waals surface area contributed by atoms with Crippen LogP contribution in [-0.4, -0.2) is 59.6 Å². The third-order valence-corrected chi connectivity index (χ3v) is 5.66. The van der Waals surface area contributed by atoms with Crippen molar-refractivity contribution in [2.45, 2.75) is 121 Å². The Bertz CT molecular complexity index is 387. The van der Waals surface area contributed by atoms with Gasteiger partial charge in [-0.15, -0.1) is 0 Å². The minimum Gasteiger partial charge on any atom is -0.388 e. The first kappa shape index (κ1) is 26.6. The molecule has 0 spiro atoms. The molecular weight excluding hydrogens is 368 g/mol. The molecule has 0 aromatic rings. The van der Waals surface area contributed by atoms with Crippen molar-refractivity contribution < 1.29 is 24.8 Å². The van der Waals surface area contributed by atoms with Crippen molar-refractivity contribution in [2.24, 2.45) is 0 Å². The van der Waals surface area contributed by atoms with Crippen LogP contribution in [0.15, 0.2) is 12.2 Å². The summed E-state index contributed by atoms with van der Waals surface area (Å²) in [7, 11) is 0. The van der Waals surface area contributed by atoms with Crippen molar-refractivity contribution in [2.75, 3.05) is 19.8 Å². The highest BCUT2D eigenvalue weighted by molar-refractivity contribution is 4.87. The molecule has 0 bridgehead atoms. The molecule has 1 heterocycles. The van der Waals surface area contributed by atoms with Crippen molar-refractivity contribution in [1.29, 1.82) is 0 Å². The number of allylic oxidation sites excluding steroid dienone is 2. The first-order valence-electron chi connectivity index (χ1n) is 12.0. The summed E-state index contributed by atoms with van der Waals surface area (Å²) < 4.78 is 10.7. The smallest absolute Gasteiger partial charge is 0.114 e. The van der Waals surface area contributed by atoms with Crippen LogP contribution in [0.5, 0.6) is 0 Å². The van der Waals surface area contributed by atoms with Crippen molar-refractivity contribution in [3.8, 4) is 0 Å². The van der Waals surface area contributed by atoms with Gasteiger partial charge in [0.1, 0.15) is 24.4 Å². The van der Waals surface area contributed by atoms with E-state index in [0.717, 1.165) is 12.8 Å². The number of unbranched alkanes of at least 4 members (excludes halogenated alkanes) is 12. The van der Waals surface area contributed by atoms with E-state index in [0.29, 0.717) is 6.61 Å². The Balaban J connectivity index is 1.78. The lowest BCUT2D eigenvalue weighted by molar-refractivity contribution is -0.0813. The number of ether oxygens (including phenoxy) is 2. The van der Waals surface area contributed by atoms with E-state index in [9.17, 15) is 15.3 Å². The van der Waals surface area contributed by atoms with Gasteiger partial charge >= 0.3 is 0 Å². The SMILES string of the molecule is CCCCCCCC/C=C/CCCCCCCCOC[C@@H](O)[C@@H]1OC[C@H](O)[C@@H]1O. The Labute approximate surface area is 178 Å². The van der Waals surface area contributed by atoms with Gasteiger partial charge in [-0.05, 0) is 32.1 Å². The minimum atomic E-state index is -1.03. The second-order valence-electron chi connectivity index (χ2n) is 8.44. The predicted molar refractivity (Wildman–Crippen MR) is 118 cm³/mol. The van der Waals surface area contributed by atoms with Gasteiger partial charge in [-0.1, -0.05) is 76.9 Å². The largest absolute Gasteiger partial charge is 0.388 e. The first-order chi connectivity index (χ1) is 14.2. The van der Waals surface area contributed by atoms with Crippen LogP contribution in [0.2, 0.25) is 0 Å². The standard InChI is InChI=1S/C24H46O5/c1-2-3-4-5-6-7-8-9-10-11-12-13-14-15-16-17-18-28-19-22(26)24-23(27)21(25)20-29-24/h9-10,21-27H,2-8,11-20H2,1H3/b10-9+/t21-,22+,23-,24-/m0/s1. The molecule has 3 N–H and O–H groups in total. The highest BCUT2D eigenvalue weighted by Crippen LogP contribution is 2.18. The maximum atomic E-state index is 9.95. The van der Waals surface area contributed by atoms with Crippen molar-refractivity contribution in [3.05, 3.63) is 12.2 Å². The molecule has 1 aliphatic heterocycles. The maximum absolute atomic E-state index is 9.95. The monoisotopic (exact) mass is 414 g/mol.